The Morgan fingerprint density at radius 1 is 1.02 bits per heavy atom. The van der Waals surface area contributed by atoms with Gasteiger partial charge in [-0.25, -0.2) is 4.68 Å². The number of carbonyl (C=O) groups excluding carboxylic acids is 2. The molecule has 10 heteroatoms. The van der Waals surface area contributed by atoms with Crippen molar-refractivity contribution in [3.8, 4) is 11.4 Å². The van der Waals surface area contributed by atoms with Gasteiger partial charge in [-0.1, -0.05) is 32.9 Å². The van der Waals surface area contributed by atoms with Gasteiger partial charge in [-0.2, -0.15) is 9.78 Å². The number of nitrogens with one attached hydrogen (secondary N) is 1. The van der Waals surface area contributed by atoms with Crippen LogP contribution in [0.4, 0.5) is 11.5 Å². The first-order chi connectivity index (χ1) is 19.5. The van der Waals surface area contributed by atoms with Gasteiger partial charge in [0.1, 0.15) is 5.56 Å². The van der Waals surface area contributed by atoms with E-state index in [0.717, 1.165) is 10.9 Å². The summed E-state index contributed by atoms with van der Waals surface area (Å²) >= 11 is 0. The summed E-state index contributed by atoms with van der Waals surface area (Å²) in [5.41, 5.74) is 8.77. The average molecular weight is 551 g/mol. The van der Waals surface area contributed by atoms with E-state index in [4.69, 9.17) is 5.73 Å². The van der Waals surface area contributed by atoms with Crippen molar-refractivity contribution in [3.63, 3.8) is 0 Å². The molecule has 4 N–H and O–H groups in total. The summed E-state index contributed by atoms with van der Waals surface area (Å²) in [6.45, 7) is 7.36. The highest BCUT2D eigenvalue weighted by molar-refractivity contribution is 5.98. The van der Waals surface area contributed by atoms with Gasteiger partial charge in [-0.15, -0.1) is 5.10 Å². The molecular weight excluding hydrogens is 520 g/mol. The number of ketones is 1. The normalized spacial score (nSPS) is 11.5. The van der Waals surface area contributed by atoms with Crippen LogP contribution < -0.4 is 16.6 Å². The number of benzene rings is 3. The molecule has 2 heterocycles. The number of fused-ring (bicyclic) bond motifs is 1. The summed E-state index contributed by atoms with van der Waals surface area (Å²) in [5, 5.41) is 23.7. The molecule has 0 aliphatic heterocycles. The first kappa shape index (κ1) is 27.5. The van der Waals surface area contributed by atoms with Gasteiger partial charge in [-0.05, 0) is 66.4 Å². The lowest BCUT2D eigenvalue weighted by Gasteiger charge is -2.19. The number of primary amides is 1. The molecule has 0 atom stereocenters. The molecule has 41 heavy (non-hydrogen) atoms. The van der Waals surface area contributed by atoms with Crippen molar-refractivity contribution in [2.24, 2.45) is 5.73 Å². The number of hydrogen-bond donors (Lipinski definition) is 3. The minimum absolute atomic E-state index is 0.0651. The Morgan fingerprint density at radius 2 is 1.73 bits per heavy atom. The van der Waals surface area contributed by atoms with Crippen LogP contribution in [-0.2, 0) is 12.0 Å². The third-order valence-electron chi connectivity index (χ3n) is 6.95. The molecule has 0 saturated carbocycles. The van der Waals surface area contributed by atoms with Crippen molar-refractivity contribution in [2.75, 3.05) is 5.32 Å². The lowest BCUT2D eigenvalue weighted by Crippen LogP contribution is -2.23. The molecule has 0 fully saturated rings. The van der Waals surface area contributed by atoms with Crippen molar-refractivity contribution >= 4 is 34.0 Å². The number of nitrogens with zero attached hydrogens (tertiary/aromatic N) is 4. The van der Waals surface area contributed by atoms with Gasteiger partial charge < -0.3 is 16.2 Å². The Bertz CT molecular complexity index is 1860. The largest absolute Gasteiger partial charge is 0.392 e. The molecule has 5 aromatic rings. The van der Waals surface area contributed by atoms with Crippen LogP contribution >= 0.6 is 0 Å². The first-order valence-electron chi connectivity index (χ1n) is 13.0. The molecule has 0 unspecified atom stereocenters. The summed E-state index contributed by atoms with van der Waals surface area (Å²) in [7, 11) is 0. The Kier molecular flexibility index (Phi) is 7.02. The average Bonchev–Trinajstić information content (AvgIpc) is 3.36. The fourth-order valence-corrected chi connectivity index (χ4v) is 4.62. The van der Waals surface area contributed by atoms with Crippen LogP contribution in [0.2, 0.25) is 0 Å². The van der Waals surface area contributed by atoms with Crippen LogP contribution in [0, 0.1) is 0 Å². The van der Waals surface area contributed by atoms with Crippen LogP contribution in [0.25, 0.3) is 22.1 Å². The van der Waals surface area contributed by atoms with Gasteiger partial charge in [0, 0.05) is 28.4 Å². The van der Waals surface area contributed by atoms with Gasteiger partial charge >= 0.3 is 0 Å². The van der Waals surface area contributed by atoms with Crippen molar-refractivity contribution in [1.82, 2.24) is 19.6 Å². The maximum absolute atomic E-state index is 13.5. The van der Waals surface area contributed by atoms with Gasteiger partial charge in [-0.3, -0.25) is 14.4 Å². The molecule has 0 bridgehead atoms. The Balaban J connectivity index is 1.58. The molecule has 0 radical (unpaired) electrons. The van der Waals surface area contributed by atoms with E-state index in [0.29, 0.717) is 33.6 Å². The number of amides is 1. The maximum atomic E-state index is 13.5. The van der Waals surface area contributed by atoms with E-state index in [2.05, 4.69) is 36.3 Å². The molecule has 208 valence electrons. The molecule has 0 spiro atoms. The minimum Gasteiger partial charge on any atom is -0.392 e. The van der Waals surface area contributed by atoms with Crippen LogP contribution in [0.3, 0.4) is 0 Å². The van der Waals surface area contributed by atoms with E-state index in [-0.39, 0.29) is 28.1 Å². The molecule has 0 aliphatic rings. The monoisotopic (exact) mass is 550 g/mol. The van der Waals surface area contributed by atoms with Gasteiger partial charge in [0.05, 0.1) is 29.6 Å². The van der Waals surface area contributed by atoms with Gasteiger partial charge in [0.25, 0.3) is 11.5 Å². The lowest BCUT2D eigenvalue weighted by atomic mass is 9.86. The number of anilines is 2. The summed E-state index contributed by atoms with van der Waals surface area (Å²) in [6, 6.07) is 17.5. The Labute approximate surface area is 236 Å². The third kappa shape index (κ3) is 5.24. The zero-order valence-corrected chi connectivity index (χ0v) is 23.2. The van der Waals surface area contributed by atoms with Crippen LogP contribution in [0.1, 0.15) is 59.5 Å². The molecular formula is C31H30N6O4. The second kappa shape index (κ2) is 10.5. The van der Waals surface area contributed by atoms with Gasteiger partial charge in [0.15, 0.2) is 11.6 Å². The standard InChI is InChI=1S/C31H30N6O4/c1-18(39)19-8-11-22(12-9-19)34-29-24(28(32)40)16-36(35-29)26-6-5-7-27(25(26)17-38)37-30(41)23-13-10-21(31(2,3)4)14-20(23)15-33-37/h5-16,38H,17H2,1-4H3,(H2,32,40)(H,34,35). The number of rotatable bonds is 7. The highest BCUT2D eigenvalue weighted by atomic mass is 16.3. The molecule has 5 rings (SSSR count). The second-order valence-electron chi connectivity index (χ2n) is 10.8. The predicted octanol–water partition coefficient (Wildman–Crippen LogP) is 4.41. The molecule has 3 aromatic carbocycles. The molecule has 0 aliphatic carbocycles. The topological polar surface area (TPSA) is 145 Å². The minimum atomic E-state index is -0.706. The van der Waals surface area contributed by atoms with Crippen LogP contribution in [0.15, 0.2) is 77.9 Å². The molecule has 0 saturated heterocycles. The zero-order valence-electron chi connectivity index (χ0n) is 23.2. The van der Waals surface area contributed by atoms with Crippen LogP contribution in [0.5, 0.6) is 0 Å². The van der Waals surface area contributed by atoms with Crippen LogP contribution in [-0.4, -0.2) is 36.4 Å². The fourth-order valence-electron chi connectivity index (χ4n) is 4.62. The lowest BCUT2D eigenvalue weighted by molar-refractivity contribution is 0.0997. The molecule has 2 aromatic heterocycles. The summed E-state index contributed by atoms with van der Waals surface area (Å²) in [6.07, 6.45) is 3.09. The molecule has 1 amide bonds. The number of nitrogens with two attached hydrogens (primary N) is 1. The van der Waals surface area contributed by atoms with Crippen molar-refractivity contribution in [2.45, 2.75) is 39.7 Å². The third-order valence-corrected chi connectivity index (χ3v) is 6.95. The van der Waals surface area contributed by atoms with Gasteiger partial charge in [0.2, 0.25) is 0 Å². The fraction of sp³-hybridized carbons (Fsp3) is 0.194. The highest BCUT2D eigenvalue weighted by Crippen LogP contribution is 2.27. The number of aliphatic hydroxyl groups is 1. The van der Waals surface area contributed by atoms with E-state index < -0.39 is 12.5 Å². The van der Waals surface area contributed by atoms with E-state index in [9.17, 15) is 19.5 Å². The maximum Gasteiger partial charge on any atom is 0.279 e. The highest BCUT2D eigenvalue weighted by Gasteiger charge is 2.20. The SMILES string of the molecule is CC(=O)c1ccc(Nc2nn(-c3cccc(-n4ncc5cc(C(C)(C)C)ccc5c4=O)c3CO)cc2C(N)=O)cc1. The number of aromatic nitrogens is 4. The van der Waals surface area contributed by atoms with E-state index in [1.807, 2.05) is 12.1 Å². The van der Waals surface area contributed by atoms with Crippen molar-refractivity contribution < 1.29 is 14.7 Å². The van der Waals surface area contributed by atoms with Crippen molar-refractivity contribution in [1.29, 1.82) is 0 Å². The number of hydrogen-bond acceptors (Lipinski definition) is 7. The number of aliphatic hydroxyl groups excluding tert-OH is 1. The summed E-state index contributed by atoms with van der Waals surface area (Å²) in [4.78, 5) is 37.4. The summed E-state index contributed by atoms with van der Waals surface area (Å²) < 4.78 is 2.67. The Hall–Kier alpha value is -5.09. The number of Topliss-reactive ketones (excluding diaryl/α,β-unsaturated/α-hetero) is 1. The number of carbonyl (C=O) groups is 2. The van der Waals surface area contributed by atoms with E-state index in [1.54, 1.807) is 54.7 Å². The smallest absolute Gasteiger partial charge is 0.279 e. The zero-order chi connectivity index (χ0) is 29.5. The van der Waals surface area contributed by atoms with Crippen molar-refractivity contribution in [3.05, 3.63) is 106 Å². The molecule has 10 nitrogen and oxygen atoms in total. The quantitative estimate of drug-likeness (QED) is 0.255. The van der Waals surface area contributed by atoms with E-state index in [1.165, 1.54) is 22.5 Å². The predicted molar refractivity (Wildman–Crippen MR) is 157 cm³/mol. The summed E-state index contributed by atoms with van der Waals surface area (Å²) in [5.74, 6) is -0.578. The Morgan fingerprint density at radius 3 is 2.37 bits per heavy atom. The first-order valence-corrected chi connectivity index (χ1v) is 13.0. The second-order valence-corrected chi connectivity index (χ2v) is 10.8. The van der Waals surface area contributed by atoms with E-state index >= 15 is 0 Å².